The summed E-state index contributed by atoms with van der Waals surface area (Å²) in [5.41, 5.74) is 7.89. The van der Waals surface area contributed by atoms with Gasteiger partial charge in [0.25, 0.3) is 0 Å². The Morgan fingerprint density at radius 1 is 0.286 bits per heavy atom. The molecular weight excluding hydrogens is 550 g/mol. The topological polar surface area (TPSA) is 34.1 Å². The minimum absolute atomic E-state index is 0.000383. The lowest BCUT2D eigenvalue weighted by Gasteiger charge is -2.29. The number of benzene rings is 6. The van der Waals surface area contributed by atoms with Crippen LogP contribution in [0, 0.1) is 0 Å². The van der Waals surface area contributed by atoms with Gasteiger partial charge in [-0.2, -0.15) is 0 Å². The molecule has 0 radical (unpaired) electrons. The summed E-state index contributed by atoms with van der Waals surface area (Å²) in [6.45, 7) is 0. The summed E-state index contributed by atoms with van der Waals surface area (Å²) in [7, 11) is -0.000766. The monoisotopic (exact) mass is 578 g/mol. The molecule has 0 aromatic heterocycles. The van der Waals surface area contributed by atoms with Crippen LogP contribution < -0.4 is 0 Å². The average Bonchev–Trinajstić information content (AvgIpc) is 3.09. The first kappa shape index (κ1) is 27.7. The van der Waals surface area contributed by atoms with Crippen LogP contribution in [-0.4, -0.2) is 0 Å². The van der Waals surface area contributed by atoms with Gasteiger partial charge in [0.1, 0.15) is 10.3 Å². The molecule has 202 valence electrons. The summed E-state index contributed by atoms with van der Waals surface area (Å²) in [6.07, 6.45) is 0. The first-order valence-corrected chi connectivity index (χ1v) is 15.5. The maximum absolute atomic E-state index is 13.0. The maximum atomic E-state index is 13.0. The zero-order valence-corrected chi connectivity index (χ0v) is 24.7. The quantitative estimate of drug-likeness (QED) is 0.126. The molecule has 0 atom stereocenters. The van der Waals surface area contributed by atoms with Gasteiger partial charge in [-0.05, 0) is 44.5 Å². The van der Waals surface area contributed by atoms with Crippen molar-refractivity contribution in [3.63, 3.8) is 0 Å². The van der Waals surface area contributed by atoms with E-state index in [-0.39, 0.29) is 16.9 Å². The van der Waals surface area contributed by atoms with Crippen molar-refractivity contribution in [3.8, 4) is 11.1 Å². The Morgan fingerprint density at radius 3 is 0.714 bits per heavy atom. The van der Waals surface area contributed by atoms with Crippen LogP contribution >= 0.6 is 16.9 Å². The van der Waals surface area contributed by atoms with E-state index < -0.39 is 10.3 Å². The number of hydrogen-bond acceptors (Lipinski definition) is 2. The van der Waals surface area contributed by atoms with Gasteiger partial charge in [0, 0.05) is 0 Å². The van der Waals surface area contributed by atoms with Gasteiger partial charge in [-0.25, -0.2) is 0 Å². The molecule has 4 heteroatoms. The van der Waals surface area contributed by atoms with Crippen LogP contribution in [0.25, 0.3) is 11.1 Å². The Labute approximate surface area is 250 Å². The molecule has 0 aliphatic heterocycles. The van der Waals surface area contributed by atoms with Crippen molar-refractivity contribution in [1.29, 1.82) is 0 Å². The normalized spacial score (nSPS) is 11.9. The summed E-state index contributed by atoms with van der Waals surface area (Å²) in [6, 6.07) is 56.7. The molecule has 42 heavy (non-hydrogen) atoms. The standard InChI is InChI=1S/C38H28O2P2/c39-41-37(31-13-5-1-6-14-31,32-15-7-2-8-16-32)35-25-21-29(22-26-35)30-23-27-36(28-24-30)38(42-40,33-17-9-3-10-18-33)34-19-11-4-12-20-34/h1-28H. The maximum Gasteiger partial charge on any atom is 0.176 e. The average molecular weight is 579 g/mol. The Morgan fingerprint density at radius 2 is 0.500 bits per heavy atom. The largest absolute Gasteiger partial charge is 0.273 e. The van der Waals surface area contributed by atoms with Crippen molar-refractivity contribution in [1.82, 2.24) is 0 Å². The molecule has 0 amide bonds. The van der Waals surface area contributed by atoms with Gasteiger partial charge in [0.15, 0.2) is 16.9 Å². The fourth-order valence-corrected chi connectivity index (χ4v) is 7.37. The van der Waals surface area contributed by atoms with E-state index in [1.807, 2.05) is 121 Å². The highest BCUT2D eigenvalue weighted by Gasteiger charge is 2.38. The molecule has 0 saturated carbocycles. The first-order valence-electron chi connectivity index (χ1n) is 13.8. The minimum Gasteiger partial charge on any atom is -0.273 e. The second-order valence-electron chi connectivity index (χ2n) is 10.2. The molecule has 0 N–H and O–H groups in total. The second-order valence-corrected chi connectivity index (χ2v) is 11.9. The van der Waals surface area contributed by atoms with E-state index in [0.717, 1.165) is 44.5 Å². The van der Waals surface area contributed by atoms with Crippen LogP contribution in [0.4, 0.5) is 0 Å². The lowest BCUT2D eigenvalue weighted by Crippen LogP contribution is -2.22. The van der Waals surface area contributed by atoms with Gasteiger partial charge in [-0.15, -0.1) is 0 Å². The van der Waals surface area contributed by atoms with Crippen molar-refractivity contribution < 1.29 is 9.13 Å². The highest BCUT2D eigenvalue weighted by atomic mass is 31.1. The summed E-state index contributed by atoms with van der Waals surface area (Å²) >= 11 is 0. The van der Waals surface area contributed by atoms with Crippen LogP contribution in [0.5, 0.6) is 0 Å². The van der Waals surface area contributed by atoms with E-state index in [2.05, 4.69) is 48.5 Å². The van der Waals surface area contributed by atoms with Gasteiger partial charge in [-0.3, -0.25) is 9.13 Å². The third-order valence-corrected chi connectivity index (χ3v) is 10.1. The van der Waals surface area contributed by atoms with Crippen molar-refractivity contribution in [2.75, 3.05) is 0 Å². The Bertz CT molecular complexity index is 1550. The molecular formula is C38H28O2P2. The summed E-state index contributed by atoms with van der Waals surface area (Å²) in [5.74, 6) is 0. The molecule has 0 fully saturated rings. The Kier molecular flexibility index (Phi) is 8.02. The van der Waals surface area contributed by atoms with Crippen LogP contribution in [0.1, 0.15) is 33.4 Å². The molecule has 0 heterocycles. The van der Waals surface area contributed by atoms with Crippen LogP contribution in [0.2, 0.25) is 0 Å². The van der Waals surface area contributed by atoms with Crippen LogP contribution in [0.3, 0.4) is 0 Å². The van der Waals surface area contributed by atoms with Gasteiger partial charge < -0.3 is 0 Å². The minimum atomic E-state index is -0.816. The summed E-state index contributed by atoms with van der Waals surface area (Å²) in [5, 5.41) is -1.63. The fraction of sp³-hybridized carbons (Fsp3) is 0.0526. The third kappa shape index (κ3) is 4.84. The smallest absolute Gasteiger partial charge is 0.176 e. The van der Waals surface area contributed by atoms with Crippen molar-refractivity contribution in [3.05, 3.63) is 203 Å². The van der Waals surface area contributed by atoms with E-state index in [9.17, 15) is 9.13 Å². The van der Waals surface area contributed by atoms with Gasteiger partial charge >= 0.3 is 0 Å². The molecule has 0 aliphatic carbocycles. The molecule has 0 bridgehead atoms. The first-order chi connectivity index (χ1) is 20.7. The molecule has 6 aromatic carbocycles. The Hall–Kier alpha value is -4.48. The molecule has 2 nitrogen and oxygen atoms in total. The molecule has 6 rings (SSSR count). The zero-order valence-electron chi connectivity index (χ0n) is 22.9. The van der Waals surface area contributed by atoms with Crippen molar-refractivity contribution >= 4 is 16.9 Å². The van der Waals surface area contributed by atoms with E-state index in [4.69, 9.17) is 0 Å². The molecule has 0 saturated heterocycles. The molecule has 0 spiro atoms. The lowest BCUT2D eigenvalue weighted by atomic mass is 9.82. The molecule has 0 unspecified atom stereocenters. The third-order valence-electron chi connectivity index (χ3n) is 7.98. The summed E-state index contributed by atoms with van der Waals surface area (Å²) < 4.78 is 26.1. The number of rotatable bonds is 9. The van der Waals surface area contributed by atoms with Crippen molar-refractivity contribution in [2.45, 2.75) is 10.3 Å². The highest BCUT2D eigenvalue weighted by molar-refractivity contribution is 7.26. The predicted octanol–water partition coefficient (Wildman–Crippen LogP) is 10.5. The van der Waals surface area contributed by atoms with Crippen LogP contribution in [0.15, 0.2) is 170 Å². The summed E-state index contributed by atoms with van der Waals surface area (Å²) in [4.78, 5) is 0. The predicted molar refractivity (Wildman–Crippen MR) is 173 cm³/mol. The lowest BCUT2D eigenvalue weighted by molar-refractivity contribution is 0.585. The van der Waals surface area contributed by atoms with E-state index in [1.54, 1.807) is 0 Å². The van der Waals surface area contributed by atoms with Crippen molar-refractivity contribution in [2.24, 2.45) is 0 Å². The van der Waals surface area contributed by atoms with Crippen LogP contribution in [-0.2, 0) is 19.4 Å². The zero-order chi connectivity index (χ0) is 28.8. The van der Waals surface area contributed by atoms with Gasteiger partial charge in [0.05, 0.1) is 0 Å². The fourth-order valence-electron chi connectivity index (χ4n) is 5.84. The van der Waals surface area contributed by atoms with Gasteiger partial charge in [-0.1, -0.05) is 170 Å². The van der Waals surface area contributed by atoms with Gasteiger partial charge in [0.2, 0.25) is 0 Å². The number of hydrogen-bond donors (Lipinski definition) is 0. The van der Waals surface area contributed by atoms with E-state index in [1.165, 1.54) is 0 Å². The molecule has 0 aliphatic rings. The second kappa shape index (κ2) is 12.2. The van der Waals surface area contributed by atoms with E-state index in [0.29, 0.717) is 0 Å². The Balaban J connectivity index is 1.40. The SMILES string of the molecule is O=PC(c1ccccc1)(c1ccccc1)c1ccc(-c2ccc(C(P=O)(c3ccccc3)c3ccccc3)cc2)cc1. The van der Waals surface area contributed by atoms with E-state index >= 15 is 0 Å². The highest BCUT2D eigenvalue weighted by Crippen LogP contribution is 2.49. The molecule has 6 aromatic rings.